The molecular formula is C14H26N4O2S. The van der Waals surface area contributed by atoms with Gasteiger partial charge >= 0.3 is 0 Å². The minimum absolute atomic E-state index is 0.232. The van der Waals surface area contributed by atoms with Gasteiger partial charge in [0.15, 0.2) is 5.03 Å². The quantitative estimate of drug-likeness (QED) is 0.889. The lowest BCUT2D eigenvalue weighted by Gasteiger charge is -2.46. The fourth-order valence-corrected chi connectivity index (χ4v) is 5.56. The van der Waals surface area contributed by atoms with Gasteiger partial charge < -0.3 is 5.73 Å². The average molecular weight is 314 g/mol. The highest BCUT2D eigenvalue weighted by Gasteiger charge is 2.45. The molecule has 1 saturated carbocycles. The maximum atomic E-state index is 13.0. The molecule has 0 spiro atoms. The first-order chi connectivity index (χ1) is 9.87. The Morgan fingerprint density at radius 3 is 2.76 bits per heavy atom. The lowest BCUT2D eigenvalue weighted by molar-refractivity contribution is 0.112. The van der Waals surface area contributed by atoms with Gasteiger partial charge in [-0.05, 0) is 24.8 Å². The normalized spacial score (nSPS) is 27.2. The Balaban J connectivity index is 2.44. The van der Waals surface area contributed by atoms with Gasteiger partial charge in [-0.1, -0.05) is 26.7 Å². The molecule has 1 aromatic heterocycles. The Hall–Kier alpha value is -0.920. The zero-order valence-corrected chi connectivity index (χ0v) is 13.9. The zero-order valence-electron chi connectivity index (χ0n) is 13.1. The highest BCUT2D eigenvalue weighted by molar-refractivity contribution is 7.89. The lowest BCUT2D eigenvalue weighted by Crippen LogP contribution is -2.58. The molecule has 0 aliphatic heterocycles. The van der Waals surface area contributed by atoms with Gasteiger partial charge in [0.05, 0.1) is 6.20 Å². The number of nitrogens with zero attached hydrogens (tertiary/aromatic N) is 3. The van der Waals surface area contributed by atoms with Crippen molar-refractivity contribution in [2.75, 3.05) is 13.1 Å². The molecule has 1 aromatic rings. The molecule has 2 atom stereocenters. The second-order valence-electron chi connectivity index (χ2n) is 6.09. The van der Waals surface area contributed by atoms with Gasteiger partial charge in [-0.2, -0.15) is 9.40 Å². The second kappa shape index (κ2) is 6.06. The Morgan fingerprint density at radius 1 is 1.57 bits per heavy atom. The maximum absolute atomic E-state index is 13.0. The molecule has 0 bridgehead atoms. The van der Waals surface area contributed by atoms with E-state index in [1.807, 2.05) is 6.92 Å². The van der Waals surface area contributed by atoms with Gasteiger partial charge in [0.2, 0.25) is 0 Å². The van der Waals surface area contributed by atoms with E-state index in [0.29, 0.717) is 19.0 Å². The molecule has 1 heterocycles. The fraction of sp³-hybridized carbons (Fsp3) is 0.786. The first kappa shape index (κ1) is 16.5. The number of hydrogen-bond acceptors (Lipinski definition) is 4. The van der Waals surface area contributed by atoms with Crippen molar-refractivity contribution < 1.29 is 8.42 Å². The molecule has 120 valence electrons. The van der Waals surface area contributed by atoms with E-state index in [2.05, 4.69) is 12.0 Å². The molecule has 1 aliphatic rings. The number of likely N-dealkylation sites (N-methyl/N-ethyl adjacent to an activating group) is 1. The molecule has 0 radical (unpaired) electrons. The molecule has 0 amide bonds. The standard InChI is InChI=1S/C14H26N4O2S/c1-4-18(14(11-15)8-5-6-12(2)10-14)21(19,20)13-7-9-16-17(13)3/h7,9,12H,4-6,8,10-11,15H2,1-3H3. The summed E-state index contributed by atoms with van der Waals surface area (Å²) in [4.78, 5) is 0. The van der Waals surface area contributed by atoms with E-state index in [1.54, 1.807) is 17.4 Å². The molecule has 0 aromatic carbocycles. The van der Waals surface area contributed by atoms with E-state index in [0.717, 1.165) is 25.7 Å². The number of hydrogen-bond donors (Lipinski definition) is 1. The monoisotopic (exact) mass is 314 g/mol. The number of nitrogens with two attached hydrogens (primary N) is 1. The van der Waals surface area contributed by atoms with Gasteiger partial charge in [-0.25, -0.2) is 8.42 Å². The molecule has 1 aliphatic carbocycles. The van der Waals surface area contributed by atoms with Crippen molar-refractivity contribution in [3.8, 4) is 0 Å². The molecule has 2 unspecified atom stereocenters. The first-order valence-electron chi connectivity index (χ1n) is 7.58. The van der Waals surface area contributed by atoms with Crippen LogP contribution in [0.15, 0.2) is 17.3 Å². The van der Waals surface area contributed by atoms with Gasteiger partial charge in [0.25, 0.3) is 10.0 Å². The Kier molecular flexibility index (Phi) is 4.75. The summed E-state index contributed by atoms with van der Waals surface area (Å²) in [6.45, 7) is 4.85. The minimum Gasteiger partial charge on any atom is -0.329 e. The molecule has 1 fully saturated rings. The molecular weight excluding hydrogens is 288 g/mol. The summed E-state index contributed by atoms with van der Waals surface area (Å²) < 4.78 is 29.1. The van der Waals surface area contributed by atoms with E-state index in [9.17, 15) is 8.42 Å². The SMILES string of the molecule is CCN(C1(CN)CCCC(C)C1)S(=O)(=O)c1ccnn1C. The van der Waals surface area contributed by atoms with Crippen LogP contribution in [0.4, 0.5) is 0 Å². The Labute approximate surface area is 127 Å². The molecule has 2 N–H and O–H groups in total. The average Bonchev–Trinajstić information content (AvgIpc) is 2.86. The van der Waals surface area contributed by atoms with Crippen molar-refractivity contribution in [1.82, 2.24) is 14.1 Å². The number of sulfonamides is 1. The third-order valence-electron chi connectivity index (χ3n) is 4.59. The molecule has 7 heteroatoms. The summed E-state index contributed by atoms with van der Waals surface area (Å²) in [6.07, 6.45) is 5.34. The molecule has 0 saturated heterocycles. The minimum atomic E-state index is -3.58. The third kappa shape index (κ3) is 2.86. The van der Waals surface area contributed by atoms with E-state index in [-0.39, 0.29) is 5.03 Å². The summed E-state index contributed by atoms with van der Waals surface area (Å²) in [7, 11) is -1.93. The van der Waals surface area contributed by atoms with E-state index in [4.69, 9.17) is 5.73 Å². The highest BCUT2D eigenvalue weighted by atomic mass is 32.2. The van der Waals surface area contributed by atoms with Gasteiger partial charge in [0.1, 0.15) is 0 Å². The van der Waals surface area contributed by atoms with Crippen LogP contribution in [-0.2, 0) is 17.1 Å². The van der Waals surface area contributed by atoms with Crippen molar-refractivity contribution in [2.24, 2.45) is 18.7 Å². The van der Waals surface area contributed by atoms with Crippen LogP contribution in [0.5, 0.6) is 0 Å². The molecule has 2 rings (SSSR count). The van der Waals surface area contributed by atoms with Crippen LogP contribution in [0.1, 0.15) is 39.5 Å². The van der Waals surface area contributed by atoms with Crippen LogP contribution >= 0.6 is 0 Å². The van der Waals surface area contributed by atoms with E-state index < -0.39 is 15.6 Å². The van der Waals surface area contributed by atoms with E-state index >= 15 is 0 Å². The van der Waals surface area contributed by atoms with Crippen molar-refractivity contribution >= 4 is 10.0 Å². The van der Waals surface area contributed by atoms with E-state index in [1.165, 1.54) is 10.9 Å². The largest absolute Gasteiger partial charge is 0.329 e. The summed E-state index contributed by atoms with van der Waals surface area (Å²) in [5.74, 6) is 0.498. The number of aryl methyl sites for hydroxylation is 1. The van der Waals surface area contributed by atoms with Crippen LogP contribution in [-0.4, -0.2) is 41.1 Å². The van der Waals surface area contributed by atoms with Crippen molar-refractivity contribution in [3.63, 3.8) is 0 Å². The van der Waals surface area contributed by atoms with Crippen LogP contribution in [0.3, 0.4) is 0 Å². The smallest absolute Gasteiger partial charge is 0.260 e. The maximum Gasteiger partial charge on any atom is 0.260 e. The zero-order chi connectivity index (χ0) is 15.7. The number of rotatable bonds is 5. The summed E-state index contributed by atoms with van der Waals surface area (Å²) in [6, 6.07) is 1.55. The number of aromatic nitrogens is 2. The van der Waals surface area contributed by atoms with Gasteiger partial charge in [-0.3, -0.25) is 4.68 Å². The highest BCUT2D eigenvalue weighted by Crippen LogP contribution is 2.38. The third-order valence-corrected chi connectivity index (χ3v) is 6.75. The van der Waals surface area contributed by atoms with Crippen LogP contribution in [0.2, 0.25) is 0 Å². The molecule has 21 heavy (non-hydrogen) atoms. The van der Waals surface area contributed by atoms with Crippen molar-refractivity contribution in [3.05, 3.63) is 12.3 Å². The van der Waals surface area contributed by atoms with Crippen LogP contribution in [0, 0.1) is 5.92 Å². The Bertz CT molecular complexity index is 584. The van der Waals surface area contributed by atoms with Crippen molar-refractivity contribution in [2.45, 2.75) is 50.1 Å². The summed E-state index contributed by atoms with van der Waals surface area (Å²) in [5, 5.41) is 4.22. The Morgan fingerprint density at radius 2 is 2.29 bits per heavy atom. The fourth-order valence-electron chi connectivity index (χ4n) is 3.63. The summed E-state index contributed by atoms with van der Waals surface area (Å²) >= 11 is 0. The van der Waals surface area contributed by atoms with Gasteiger partial charge in [0, 0.05) is 25.7 Å². The molecule has 6 nitrogen and oxygen atoms in total. The van der Waals surface area contributed by atoms with Crippen molar-refractivity contribution in [1.29, 1.82) is 0 Å². The first-order valence-corrected chi connectivity index (χ1v) is 9.02. The predicted molar refractivity (Wildman–Crippen MR) is 82.2 cm³/mol. The van der Waals surface area contributed by atoms with Crippen LogP contribution in [0.25, 0.3) is 0 Å². The predicted octanol–water partition coefficient (Wildman–Crippen LogP) is 1.34. The second-order valence-corrected chi connectivity index (χ2v) is 7.90. The topological polar surface area (TPSA) is 81.2 Å². The van der Waals surface area contributed by atoms with Crippen LogP contribution < -0.4 is 5.73 Å². The summed E-state index contributed by atoms with van der Waals surface area (Å²) in [5.41, 5.74) is 5.57. The van der Waals surface area contributed by atoms with Gasteiger partial charge in [-0.15, -0.1) is 0 Å². The lowest BCUT2D eigenvalue weighted by atomic mass is 9.76.